The number of carboxylic acid groups (broad SMARTS) is 1. The first-order valence-electron chi connectivity index (χ1n) is 6.78. The summed E-state index contributed by atoms with van der Waals surface area (Å²) in [6.45, 7) is 0.00686. The standard InChI is InChI=1S/C16H17NO5/c1-21-13-6-3-2-5-11(13)9-12(16(19)20)10-17-15(18)14-7-4-8-22-14/h2-8,12H,9-10H2,1H3,(H,17,18)(H,19,20). The summed E-state index contributed by atoms with van der Waals surface area (Å²) in [6, 6.07) is 10.3. The van der Waals surface area contributed by atoms with Gasteiger partial charge in [0.2, 0.25) is 0 Å². The number of carboxylic acids is 1. The summed E-state index contributed by atoms with van der Waals surface area (Å²) >= 11 is 0. The Kier molecular flexibility index (Phi) is 5.19. The normalized spacial score (nSPS) is 11.7. The minimum absolute atomic E-state index is 0.00686. The Morgan fingerprint density at radius 1 is 1.27 bits per heavy atom. The van der Waals surface area contributed by atoms with Crippen molar-refractivity contribution < 1.29 is 23.8 Å². The highest BCUT2D eigenvalue weighted by Crippen LogP contribution is 2.21. The zero-order chi connectivity index (χ0) is 15.9. The van der Waals surface area contributed by atoms with Gasteiger partial charge >= 0.3 is 5.97 Å². The van der Waals surface area contributed by atoms with Crippen LogP contribution in [0.15, 0.2) is 47.1 Å². The first kappa shape index (κ1) is 15.6. The van der Waals surface area contributed by atoms with Gasteiger partial charge in [-0.05, 0) is 30.2 Å². The lowest BCUT2D eigenvalue weighted by Gasteiger charge is -2.15. The van der Waals surface area contributed by atoms with Gasteiger partial charge in [-0.2, -0.15) is 0 Å². The summed E-state index contributed by atoms with van der Waals surface area (Å²) in [6.07, 6.45) is 1.65. The number of aliphatic carboxylic acids is 1. The van der Waals surface area contributed by atoms with E-state index in [1.807, 2.05) is 18.2 Å². The Morgan fingerprint density at radius 2 is 2.05 bits per heavy atom. The van der Waals surface area contributed by atoms with Gasteiger partial charge in [-0.15, -0.1) is 0 Å². The van der Waals surface area contributed by atoms with Crippen molar-refractivity contribution >= 4 is 11.9 Å². The molecule has 1 heterocycles. The summed E-state index contributed by atoms with van der Waals surface area (Å²) in [4.78, 5) is 23.2. The van der Waals surface area contributed by atoms with E-state index in [2.05, 4.69) is 5.32 Å². The molecule has 0 saturated heterocycles. The summed E-state index contributed by atoms with van der Waals surface area (Å²) < 4.78 is 10.2. The lowest BCUT2D eigenvalue weighted by atomic mass is 9.98. The average molecular weight is 303 g/mol. The number of amides is 1. The Labute approximate surface area is 127 Å². The Bertz CT molecular complexity index is 636. The number of hydrogen-bond donors (Lipinski definition) is 2. The highest BCUT2D eigenvalue weighted by Gasteiger charge is 2.21. The van der Waals surface area contributed by atoms with E-state index in [0.29, 0.717) is 5.75 Å². The molecule has 1 amide bonds. The number of rotatable bonds is 7. The molecule has 1 aromatic heterocycles. The van der Waals surface area contributed by atoms with Crippen LogP contribution < -0.4 is 10.1 Å². The van der Waals surface area contributed by atoms with E-state index >= 15 is 0 Å². The van der Waals surface area contributed by atoms with E-state index in [1.54, 1.807) is 12.1 Å². The van der Waals surface area contributed by atoms with Gasteiger partial charge in [0.15, 0.2) is 5.76 Å². The second kappa shape index (κ2) is 7.31. The maximum atomic E-state index is 11.8. The van der Waals surface area contributed by atoms with Crippen LogP contribution in [0.5, 0.6) is 5.75 Å². The number of nitrogens with one attached hydrogen (secondary N) is 1. The van der Waals surface area contributed by atoms with Gasteiger partial charge in [0.05, 0.1) is 19.3 Å². The third kappa shape index (κ3) is 3.88. The smallest absolute Gasteiger partial charge is 0.308 e. The average Bonchev–Trinajstić information content (AvgIpc) is 3.05. The van der Waals surface area contributed by atoms with Crippen LogP contribution in [0.2, 0.25) is 0 Å². The van der Waals surface area contributed by atoms with E-state index in [1.165, 1.54) is 19.4 Å². The number of benzene rings is 1. The van der Waals surface area contributed by atoms with Gasteiger partial charge in [0.25, 0.3) is 5.91 Å². The molecule has 2 rings (SSSR count). The molecule has 1 unspecified atom stereocenters. The monoisotopic (exact) mass is 303 g/mol. The summed E-state index contributed by atoms with van der Waals surface area (Å²) in [5.74, 6) is -1.38. The minimum atomic E-state index is -0.981. The van der Waals surface area contributed by atoms with E-state index in [-0.39, 0.29) is 18.7 Å². The number of carbonyl (C=O) groups is 2. The van der Waals surface area contributed by atoms with Gasteiger partial charge in [-0.25, -0.2) is 0 Å². The molecule has 0 aliphatic heterocycles. The second-order valence-corrected chi connectivity index (χ2v) is 4.74. The number of hydrogen-bond acceptors (Lipinski definition) is 4. The third-order valence-corrected chi connectivity index (χ3v) is 3.26. The lowest BCUT2D eigenvalue weighted by molar-refractivity contribution is -0.141. The molecular formula is C16H17NO5. The number of carbonyl (C=O) groups excluding carboxylic acids is 1. The van der Waals surface area contributed by atoms with Crippen molar-refractivity contribution in [3.63, 3.8) is 0 Å². The predicted octanol–water partition coefficient (Wildman–Crippen LogP) is 1.96. The highest BCUT2D eigenvalue weighted by molar-refractivity contribution is 5.91. The molecule has 0 saturated carbocycles. The van der Waals surface area contributed by atoms with Crippen LogP contribution in [0, 0.1) is 5.92 Å². The topological polar surface area (TPSA) is 88.8 Å². The van der Waals surface area contributed by atoms with E-state index in [4.69, 9.17) is 9.15 Å². The lowest BCUT2D eigenvalue weighted by Crippen LogP contribution is -2.34. The third-order valence-electron chi connectivity index (χ3n) is 3.26. The summed E-state index contributed by atoms with van der Waals surface area (Å²) in [5, 5.41) is 11.9. The van der Waals surface area contributed by atoms with Crippen molar-refractivity contribution in [1.82, 2.24) is 5.32 Å². The number of methoxy groups -OCH3 is 1. The highest BCUT2D eigenvalue weighted by atomic mass is 16.5. The van der Waals surface area contributed by atoms with Gasteiger partial charge in [0, 0.05) is 6.54 Å². The number of para-hydroxylation sites is 1. The molecule has 0 aliphatic carbocycles. The molecule has 0 fully saturated rings. The van der Waals surface area contributed by atoms with Crippen molar-refractivity contribution in [2.75, 3.05) is 13.7 Å². The van der Waals surface area contributed by atoms with Crippen LogP contribution in [0.4, 0.5) is 0 Å². The molecule has 0 bridgehead atoms. The van der Waals surface area contributed by atoms with Gasteiger partial charge in [-0.1, -0.05) is 18.2 Å². The Balaban J connectivity index is 2.01. The molecule has 6 heteroatoms. The minimum Gasteiger partial charge on any atom is -0.496 e. The Morgan fingerprint density at radius 3 is 2.68 bits per heavy atom. The molecule has 2 aromatic rings. The van der Waals surface area contributed by atoms with Crippen molar-refractivity contribution in [3.8, 4) is 5.75 Å². The number of furan rings is 1. The van der Waals surface area contributed by atoms with Crippen LogP contribution in [-0.2, 0) is 11.2 Å². The summed E-state index contributed by atoms with van der Waals surface area (Å²) in [7, 11) is 1.54. The molecule has 22 heavy (non-hydrogen) atoms. The molecule has 0 aliphatic rings. The molecular weight excluding hydrogens is 286 g/mol. The molecule has 0 radical (unpaired) electrons. The Hall–Kier alpha value is -2.76. The van der Waals surface area contributed by atoms with Crippen LogP contribution >= 0.6 is 0 Å². The maximum Gasteiger partial charge on any atom is 0.308 e. The molecule has 6 nitrogen and oxygen atoms in total. The first-order valence-corrected chi connectivity index (χ1v) is 6.78. The van der Waals surface area contributed by atoms with Gasteiger partial charge in [0.1, 0.15) is 5.75 Å². The van der Waals surface area contributed by atoms with Crippen LogP contribution in [-0.4, -0.2) is 30.6 Å². The fourth-order valence-electron chi connectivity index (χ4n) is 2.09. The molecule has 1 atom stereocenters. The zero-order valence-electron chi connectivity index (χ0n) is 12.1. The molecule has 2 N–H and O–H groups in total. The zero-order valence-corrected chi connectivity index (χ0v) is 12.1. The van der Waals surface area contributed by atoms with Crippen molar-refractivity contribution in [1.29, 1.82) is 0 Å². The SMILES string of the molecule is COc1ccccc1CC(CNC(=O)c1ccco1)C(=O)O. The van der Waals surface area contributed by atoms with E-state index in [0.717, 1.165) is 5.56 Å². The van der Waals surface area contributed by atoms with Gasteiger partial charge in [-0.3, -0.25) is 9.59 Å². The van der Waals surface area contributed by atoms with Crippen LogP contribution in [0.25, 0.3) is 0 Å². The van der Waals surface area contributed by atoms with Crippen molar-refractivity contribution in [2.24, 2.45) is 5.92 Å². The number of ether oxygens (including phenoxy) is 1. The summed E-state index contributed by atoms with van der Waals surface area (Å²) in [5.41, 5.74) is 0.782. The van der Waals surface area contributed by atoms with Crippen molar-refractivity contribution in [3.05, 3.63) is 54.0 Å². The molecule has 0 spiro atoms. The van der Waals surface area contributed by atoms with E-state index in [9.17, 15) is 14.7 Å². The first-order chi connectivity index (χ1) is 10.6. The largest absolute Gasteiger partial charge is 0.496 e. The molecule has 1 aromatic carbocycles. The molecule has 116 valence electrons. The van der Waals surface area contributed by atoms with E-state index < -0.39 is 17.8 Å². The maximum absolute atomic E-state index is 11.8. The fraction of sp³-hybridized carbons (Fsp3) is 0.250. The predicted molar refractivity (Wildman–Crippen MR) is 78.9 cm³/mol. The fourth-order valence-corrected chi connectivity index (χ4v) is 2.09. The van der Waals surface area contributed by atoms with Crippen molar-refractivity contribution in [2.45, 2.75) is 6.42 Å². The quantitative estimate of drug-likeness (QED) is 0.816. The second-order valence-electron chi connectivity index (χ2n) is 4.74. The van der Waals surface area contributed by atoms with Gasteiger partial charge < -0.3 is 19.6 Å². The van der Waals surface area contributed by atoms with Crippen LogP contribution in [0.3, 0.4) is 0 Å². The van der Waals surface area contributed by atoms with Crippen LogP contribution in [0.1, 0.15) is 16.1 Å².